The number of hydrogen-bond donors (Lipinski definition) is 0. The molecule has 0 bridgehead atoms. The van der Waals surface area contributed by atoms with E-state index in [-0.39, 0.29) is 23.2 Å². The van der Waals surface area contributed by atoms with Gasteiger partial charge in [-0.1, -0.05) is 44.4 Å². The topological polar surface area (TPSA) is 60.4 Å². The van der Waals surface area contributed by atoms with Crippen LogP contribution in [0.5, 0.6) is 0 Å². The maximum absolute atomic E-state index is 11.9. The molecule has 0 heterocycles. The number of benzene rings is 1. The highest BCUT2D eigenvalue weighted by Gasteiger charge is 2.19. The molecule has 0 saturated heterocycles. The third-order valence-electron chi connectivity index (χ3n) is 3.21. The van der Waals surface area contributed by atoms with Gasteiger partial charge in [-0.2, -0.15) is 8.42 Å². The predicted octanol–water partition coefficient (Wildman–Crippen LogP) is 3.10. The van der Waals surface area contributed by atoms with E-state index in [4.69, 9.17) is 4.18 Å². The minimum absolute atomic E-state index is 0.0807. The Morgan fingerprint density at radius 2 is 1.85 bits per heavy atom. The first-order chi connectivity index (χ1) is 9.36. The molecule has 0 aromatic heterocycles. The second-order valence-corrected chi connectivity index (χ2v) is 6.65. The molecule has 20 heavy (non-hydrogen) atoms. The van der Waals surface area contributed by atoms with Gasteiger partial charge in [0, 0.05) is 5.92 Å². The minimum Gasteiger partial charge on any atom is -0.297 e. The lowest BCUT2D eigenvalue weighted by molar-refractivity contribution is -0.124. The Balaban J connectivity index is 2.59. The van der Waals surface area contributed by atoms with E-state index in [1.54, 1.807) is 19.1 Å². The maximum atomic E-state index is 11.9. The molecule has 0 fully saturated rings. The summed E-state index contributed by atoms with van der Waals surface area (Å²) in [7, 11) is -3.85. The maximum Gasteiger partial charge on any atom is 0.297 e. The molecule has 0 aliphatic rings. The molecule has 4 nitrogen and oxygen atoms in total. The van der Waals surface area contributed by atoms with Crippen LogP contribution in [0.3, 0.4) is 0 Å². The Morgan fingerprint density at radius 1 is 1.25 bits per heavy atom. The molecule has 0 amide bonds. The van der Waals surface area contributed by atoms with E-state index in [2.05, 4.69) is 6.92 Å². The van der Waals surface area contributed by atoms with Crippen LogP contribution in [0.4, 0.5) is 0 Å². The number of carbonyl (C=O) groups is 1. The van der Waals surface area contributed by atoms with Gasteiger partial charge in [-0.25, -0.2) is 0 Å². The molecule has 1 rings (SSSR count). The van der Waals surface area contributed by atoms with Crippen molar-refractivity contribution in [1.82, 2.24) is 0 Å². The number of aryl methyl sites for hydroxylation is 1. The first-order valence-corrected chi connectivity index (χ1v) is 8.26. The normalized spacial score (nSPS) is 13.2. The third-order valence-corrected chi connectivity index (χ3v) is 4.48. The highest BCUT2D eigenvalue weighted by molar-refractivity contribution is 7.86. The third kappa shape index (κ3) is 5.06. The summed E-state index contributed by atoms with van der Waals surface area (Å²) in [6.07, 6.45) is 2.74. The molecule has 1 aromatic rings. The quantitative estimate of drug-likeness (QED) is 0.692. The summed E-state index contributed by atoms with van der Waals surface area (Å²) >= 11 is 0. The van der Waals surface area contributed by atoms with Crippen molar-refractivity contribution in [3.05, 3.63) is 29.8 Å². The molecular weight excluding hydrogens is 276 g/mol. The largest absolute Gasteiger partial charge is 0.297 e. The number of rotatable bonds is 8. The van der Waals surface area contributed by atoms with Gasteiger partial charge in [0.05, 0.1) is 4.90 Å². The number of unbranched alkanes of at least 4 members (excludes halogenated alkanes) is 1. The van der Waals surface area contributed by atoms with Gasteiger partial charge in [0.25, 0.3) is 10.1 Å². The predicted molar refractivity (Wildman–Crippen MR) is 78.0 cm³/mol. The average molecular weight is 298 g/mol. The van der Waals surface area contributed by atoms with Crippen molar-refractivity contribution in [2.45, 2.75) is 44.9 Å². The van der Waals surface area contributed by atoms with Crippen LogP contribution in [0.1, 0.15) is 38.7 Å². The molecule has 0 radical (unpaired) electrons. The molecule has 1 unspecified atom stereocenters. The fourth-order valence-corrected chi connectivity index (χ4v) is 2.60. The lowest BCUT2D eigenvalue weighted by Crippen LogP contribution is -2.20. The number of hydrogen-bond acceptors (Lipinski definition) is 4. The minimum atomic E-state index is -3.85. The van der Waals surface area contributed by atoms with Crippen LogP contribution in [0, 0.1) is 12.8 Å². The van der Waals surface area contributed by atoms with Gasteiger partial charge in [0.2, 0.25) is 0 Å². The summed E-state index contributed by atoms with van der Waals surface area (Å²) in [5.41, 5.74) is 0.966. The highest BCUT2D eigenvalue weighted by atomic mass is 32.2. The zero-order chi connectivity index (χ0) is 15.2. The molecule has 0 N–H and O–H groups in total. The smallest absolute Gasteiger partial charge is 0.297 e. The van der Waals surface area contributed by atoms with Crippen LogP contribution in [0.15, 0.2) is 29.2 Å². The molecule has 112 valence electrons. The van der Waals surface area contributed by atoms with E-state index in [1.165, 1.54) is 12.1 Å². The Hall–Kier alpha value is -1.20. The Labute approximate surface area is 121 Å². The van der Waals surface area contributed by atoms with E-state index < -0.39 is 10.1 Å². The van der Waals surface area contributed by atoms with Crippen molar-refractivity contribution in [3.63, 3.8) is 0 Å². The first kappa shape index (κ1) is 16.9. The Kier molecular flexibility index (Phi) is 6.36. The van der Waals surface area contributed by atoms with E-state index in [0.29, 0.717) is 0 Å². The fourth-order valence-electron chi connectivity index (χ4n) is 1.72. The van der Waals surface area contributed by atoms with Crippen LogP contribution in [0.25, 0.3) is 0 Å². The van der Waals surface area contributed by atoms with Crippen LogP contribution >= 0.6 is 0 Å². The van der Waals surface area contributed by atoms with Crippen molar-refractivity contribution in [2.75, 3.05) is 6.61 Å². The number of ketones is 1. The SMILES string of the molecule is CCCCC(C)C(=O)COS(=O)(=O)c1ccc(C)cc1. The molecule has 5 heteroatoms. The van der Waals surface area contributed by atoms with E-state index in [9.17, 15) is 13.2 Å². The molecular formula is C15H22O4S. The van der Waals surface area contributed by atoms with Gasteiger partial charge in [-0.3, -0.25) is 8.98 Å². The van der Waals surface area contributed by atoms with Crippen molar-refractivity contribution >= 4 is 15.9 Å². The van der Waals surface area contributed by atoms with Crippen molar-refractivity contribution < 1.29 is 17.4 Å². The van der Waals surface area contributed by atoms with Crippen molar-refractivity contribution in [2.24, 2.45) is 5.92 Å². The summed E-state index contributed by atoms with van der Waals surface area (Å²) < 4.78 is 28.7. The number of Topliss-reactive ketones (excluding diaryl/α,β-unsaturated/α-hetero) is 1. The summed E-state index contributed by atoms with van der Waals surface area (Å²) in [6, 6.07) is 6.36. The summed E-state index contributed by atoms with van der Waals surface area (Å²) in [5, 5.41) is 0. The van der Waals surface area contributed by atoms with Crippen LogP contribution in [-0.4, -0.2) is 20.8 Å². The van der Waals surface area contributed by atoms with Gasteiger partial charge >= 0.3 is 0 Å². The monoisotopic (exact) mass is 298 g/mol. The standard InChI is InChI=1S/C15H22O4S/c1-4-5-6-13(3)15(16)11-19-20(17,18)14-9-7-12(2)8-10-14/h7-10,13H,4-6,11H2,1-3H3. The van der Waals surface area contributed by atoms with Crippen LogP contribution in [0.2, 0.25) is 0 Å². The molecule has 0 saturated carbocycles. The van der Waals surface area contributed by atoms with Gasteiger partial charge in [-0.05, 0) is 25.5 Å². The van der Waals surface area contributed by atoms with E-state index in [1.807, 2.05) is 6.92 Å². The van der Waals surface area contributed by atoms with E-state index >= 15 is 0 Å². The van der Waals surface area contributed by atoms with Crippen molar-refractivity contribution in [3.8, 4) is 0 Å². The first-order valence-electron chi connectivity index (χ1n) is 6.85. The molecule has 1 atom stereocenters. The second kappa shape index (κ2) is 7.55. The Morgan fingerprint density at radius 3 is 2.40 bits per heavy atom. The second-order valence-electron chi connectivity index (χ2n) is 5.04. The van der Waals surface area contributed by atoms with Gasteiger partial charge in [-0.15, -0.1) is 0 Å². The molecule has 0 spiro atoms. The lowest BCUT2D eigenvalue weighted by atomic mass is 10.0. The summed E-state index contributed by atoms with van der Waals surface area (Å²) in [6.45, 7) is 5.34. The highest BCUT2D eigenvalue weighted by Crippen LogP contribution is 2.15. The fraction of sp³-hybridized carbons (Fsp3) is 0.533. The van der Waals surface area contributed by atoms with Crippen LogP contribution in [-0.2, 0) is 19.1 Å². The zero-order valence-electron chi connectivity index (χ0n) is 12.3. The molecule has 1 aromatic carbocycles. The van der Waals surface area contributed by atoms with Gasteiger partial charge in [0.15, 0.2) is 5.78 Å². The molecule has 0 aliphatic heterocycles. The van der Waals surface area contributed by atoms with Gasteiger partial charge in [0.1, 0.15) is 6.61 Å². The number of carbonyl (C=O) groups excluding carboxylic acids is 1. The molecule has 0 aliphatic carbocycles. The summed E-state index contributed by atoms with van der Waals surface area (Å²) in [4.78, 5) is 11.9. The average Bonchev–Trinajstić information content (AvgIpc) is 2.42. The van der Waals surface area contributed by atoms with Gasteiger partial charge < -0.3 is 0 Å². The van der Waals surface area contributed by atoms with Crippen molar-refractivity contribution in [1.29, 1.82) is 0 Å². The van der Waals surface area contributed by atoms with Crippen LogP contribution < -0.4 is 0 Å². The van der Waals surface area contributed by atoms with E-state index in [0.717, 1.165) is 24.8 Å². The zero-order valence-corrected chi connectivity index (χ0v) is 13.1. The Bertz CT molecular complexity index is 531. The lowest BCUT2D eigenvalue weighted by Gasteiger charge is -2.10. The summed E-state index contributed by atoms with van der Waals surface area (Å²) in [5.74, 6) is -0.336.